The zero-order chi connectivity index (χ0) is 12.4. The van der Waals surface area contributed by atoms with Gasteiger partial charge in [0.15, 0.2) is 11.5 Å². The number of aryl methyl sites for hydroxylation is 1. The third-order valence-corrected chi connectivity index (χ3v) is 3.76. The topological polar surface area (TPSA) is 42.5 Å². The molecule has 18 heavy (non-hydrogen) atoms. The van der Waals surface area contributed by atoms with Crippen molar-refractivity contribution in [3.63, 3.8) is 0 Å². The van der Waals surface area contributed by atoms with E-state index in [2.05, 4.69) is 23.6 Å². The van der Waals surface area contributed by atoms with E-state index in [0.29, 0.717) is 6.79 Å². The summed E-state index contributed by atoms with van der Waals surface area (Å²) in [5, 5.41) is 6.94. The lowest BCUT2D eigenvalue weighted by atomic mass is 9.98. The Hall–Kier alpha value is -1.42. The van der Waals surface area contributed by atoms with Crippen molar-refractivity contribution in [3.05, 3.63) is 17.7 Å². The summed E-state index contributed by atoms with van der Waals surface area (Å²) in [7, 11) is 0. The average Bonchev–Trinajstić information content (AvgIpc) is 2.84. The van der Waals surface area contributed by atoms with E-state index in [1.54, 1.807) is 0 Å². The fraction of sp³-hybridized carbons (Fsp3) is 0.571. The Bertz CT molecular complexity index is 428. The minimum atomic E-state index is 0.340. The number of piperidine rings is 1. The number of rotatable bonds is 3. The van der Waals surface area contributed by atoms with Crippen molar-refractivity contribution in [3.8, 4) is 11.5 Å². The van der Waals surface area contributed by atoms with E-state index < -0.39 is 0 Å². The monoisotopic (exact) mass is 248 g/mol. The van der Waals surface area contributed by atoms with Gasteiger partial charge in [0.1, 0.15) is 0 Å². The summed E-state index contributed by atoms with van der Waals surface area (Å²) in [5.74, 6) is 2.49. The van der Waals surface area contributed by atoms with Crippen LogP contribution in [0.3, 0.4) is 0 Å². The molecule has 0 amide bonds. The second kappa shape index (κ2) is 5.06. The molecule has 0 aliphatic carbocycles. The first-order valence-electron chi connectivity index (χ1n) is 6.68. The molecule has 2 N–H and O–H groups in total. The summed E-state index contributed by atoms with van der Waals surface area (Å²) in [6, 6.07) is 4.10. The lowest BCUT2D eigenvalue weighted by Gasteiger charge is -2.23. The molecule has 4 nitrogen and oxygen atoms in total. The molecule has 98 valence electrons. The third-order valence-electron chi connectivity index (χ3n) is 3.76. The molecule has 0 radical (unpaired) electrons. The van der Waals surface area contributed by atoms with Gasteiger partial charge in [0.05, 0.1) is 0 Å². The van der Waals surface area contributed by atoms with E-state index in [1.807, 2.05) is 6.07 Å². The number of hydrogen-bond acceptors (Lipinski definition) is 4. The van der Waals surface area contributed by atoms with E-state index >= 15 is 0 Å². The lowest BCUT2D eigenvalue weighted by molar-refractivity contribution is 0.174. The second-order valence-electron chi connectivity index (χ2n) is 5.09. The standard InChI is InChI=1S/C14H20N2O2/c1-10-6-13-14(18-9-17-13)7-12(10)16-8-11-2-4-15-5-3-11/h6-7,11,15-16H,2-5,8-9H2,1H3. The summed E-state index contributed by atoms with van der Waals surface area (Å²) in [6.45, 7) is 5.78. The highest BCUT2D eigenvalue weighted by atomic mass is 16.7. The molecule has 2 aliphatic heterocycles. The molecule has 1 aromatic rings. The van der Waals surface area contributed by atoms with Gasteiger partial charge in [-0.1, -0.05) is 0 Å². The summed E-state index contributed by atoms with van der Waals surface area (Å²) in [6.07, 6.45) is 2.52. The first-order valence-corrected chi connectivity index (χ1v) is 6.68. The molecular formula is C14H20N2O2. The summed E-state index contributed by atoms with van der Waals surface area (Å²) < 4.78 is 10.8. The van der Waals surface area contributed by atoms with Gasteiger partial charge in [-0.2, -0.15) is 0 Å². The van der Waals surface area contributed by atoms with Crippen LogP contribution in [0.2, 0.25) is 0 Å². The minimum Gasteiger partial charge on any atom is -0.454 e. The molecule has 2 heterocycles. The Morgan fingerprint density at radius 2 is 1.94 bits per heavy atom. The Balaban J connectivity index is 1.65. The van der Waals surface area contributed by atoms with Gasteiger partial charge < -0.3 is 20.1 Å². The minimum absolute atomic E-state index is 0.340. The molecule has 0 saturated carbocycles. The van der Waals surface area contributed by atoms with Crippen molar-refractivity contribution in [1.29, 1.82) is 0 Å². The molecule has 0 unspecified atom stereocenters. The fourth-order valence-corrected chi connectivity index (χ4v) is 2.57. The van der Waals surface area contributed by atoms with Gasteiger partial charge in [-0.25, -0.2) is 0 Å². The summed E-state index contributed by atoms with van der Waals surface area (Å²) in [5.41, 5.74) is 2.38. The highest BCUT2D eigenvalue weighted by Gasteiger charge is 2.17. The molecule has 4 heteroatoms. The zero-order valence-corrected chi connectivity index (χ0v) is 10.8. The molecule has 2 aliphatic rings. The molecule has 3 rings (SSSR count). The van der Waals surface area contributed by atoms with Gasteiger partial charge in [-0.15, -0.1) is 0 Å². The Kier molecular flexibility index (Phi) is 3.28. The van der Waals surface area contributed by atoms with Crippen LogP contribution in [-0.4, -0.2) is 26.4 Å². The van der Waals surface area contributed by atoms with Crippen LogP contribution >= 0.6 is 0 Å². The Labute approximate surface area is 108 Å². The molecule has 0 bridgehead atoms. The van der Waals surface area contributed by atoms with Crippen molar-refractivity contribution in [2.75, 3.05) is 31.7 Å². The largest absolute Gasteiger partial charge is 0.454 e. The highest BCUT2D eigenvalue weighted by Crippen LogP contribution is 2.36. The quantitative estimate of drug-likeness (QED) is 0.860. The molecular weight excluding hydrogens is 228 g/mol. The van der Waals surface area contributed by atoms with Crippen molar-refractivity contribution < 1.29 is 9.47 Å². The van der Waals surface area contributed by atoms with Crippen LogP contribution in [0.25, 0.3) is 0 Å². The van der Waals surface area contributed by atoms with Gasteiger partial charge >= 0.3 is 0 Å². The van der Waals surface area contributed by atoms with Gasteiger partial charge in [0, 0.05) is 18.3 Å². The van der Waals surface area contributed by atoms with Crippen molar-refractivity contribution >= 4 is 5.69 Å². The highest BCUT2D eigenvalue weighted by molar-refractivity contribution is 5.60. The van der Waals surface area contributed by atoms with Crippen molar-refractivity contribution in [2.45, 2.75) is 19.8 Å². The van der Waals surface area contributed by atoms with E-state index in [0.717, 1.165) is 42.7 Å². The van der Waals surface area contributed by atoms with E-state index in [4.69, 9.17) is 9.47 Å². The van der Waals surface area contributed by atoms with Crippen LogP contribution in [0.5, 0.6) is 11.5 Å². The Morgan fingerprint density at radius 3 is 2.72 bits per heavy atom. The van der Waals surface area contributed by atoms with Crippen LogP contribution in [0.1, 0.15) is 18.4 Å². The molecule has 1 aromatic carbocycles. The van der Waals surface area contributed by atoms with E-state index in [-0.39, 0.29) is 0 Å². The predicted octanol–water partition coefficient (Wildman–Crippen LogP) is 2.14. The SMILES string of the molecule is Cc1cc2c(cc1NCC1CCNCC1)OCO2. The van der Waals surface area contributed by atoms with Crippen LogP contribution in [0.15, 0.2) is 12.1 Å². The average molecular weight is 248 g/mol. The first-order chi connectivity index (χ1) is 8.83. The van der Waals surface area contributed by atoms with Crippen LogP contribution in [-0.2, 0) is 0 Å². The van der Waals surface area contributed by atoms with Crippen molar-refractivity contribution in [1.82, 2.24) is 5.32 Å². The molecule has 1 saturated heterocycles. The maximum atomic E-state index is 5.41. The van der Waals surface area contributed by atoms with Crippen LogP contribution < -0.4 is 20.1 Å². The smallest absolute Gasteiger partial charge is 0.231 e. The number of ether oxygens (including phenoxy) is 2. The Morgan fingerprint density at radius 1 is 1.22 bits per heavy atom. The predicted molar refractivity (Wildman–Crippen MR) is 71.4 cm³/mol. The lowest BCUT2D eigenvalue weighted by Crippen LogP contribution is -2.31. The third kappa shape index (κ3) is 2.38. The summed E-state index contributed by atoms with van der Waals surface area (Å²) in [4.78, 5) is 0. The molecule has 0 atom stereocenters. The molecule has 0 aromatic heterocycles. The number of benzene rings is 1. The number of fused-ring (bicyclic) bond motifs is 1. The van der Waals surface area contributed by atoms with Gasteiger partial charge in [0.25, 0.3) is 0 Å². The maximum Gasteiger partial charge on any atom is 0.231 e. The van der Waals surface area contributed by atoms with Gasteiger partial charge in [-0.05, 0) is 50.4 Å². The first kappa shape index (κ1) is 11.7. The summed E-state index contributed by atoms with van der Waals surface area (Å²) >= 11 is 0. The van der Waals surface area contributed by atoms with Gasteiger partial charge in [0.2, 0.25) is 6.79 Å². The molecule has 0 spiro atoms. The fourth-order valence-electron chi connectivity index (χ4n) is 2.57. The number of nitrogens with one attached hydrogen (secondary N) is 2. The maximum absolute atomic E-state index is 5.41. The zero-order valence-electron chi connectivity index (χ0n) is 10.8. The van der Waals surface area contributed by atoms with E-state index in [1.165, 1.54) is 18.4 Å². The molecule has 1 fully saturated rings. The van der Waals surface area contributed by atoms with Crippen molar-refractivity contribution in [2.24, 2.45) is 5.92 Å². The van der Waals surface area contributed by atoms with Gasteiger partial charge in [-0.3, -0.25) is 0 Å². The van der Waals surface area contributed by atoms with E-state index in [9.17, 15) is 0 Å². The second-order valence-corrected chi connectivity index (χ2v) is 5.09. The number of hydrogen-bond donors (Lipinski definition) is 2. The number of anilines is 1. The van der Waals surface area contributed by atoms with Crippen LogP contribution in [0.4, 0.5) is 5.69 Å². The normalized spacial score (nSPS) is 18.9. The van der Waals surface area contributed by atoms with Crippen LogP contribution in [0, 0.1) is 12.8 Å².